The Morgan fingerprint density at radius 3 is 2.38 bits per heavy atom. The van der Waals surface area contributed by atoms with Gasteiger partial charge in [-0.1, -0.05) is 5.92 Å². The maximum atomic E-state index is 12.8. The average Bonchev–Trinajstić information content (AvgIpc) is 2.09. The third kappa shape index (κ3) is 2.15. The lowest BCUT2D eigenvalue weighted by Gasteiger charge is -2.04. The van der Waals surface area contributed by atoms with Crippen LogP contribution in [-0.4, -0.2) is 6.54 Å². The van der Waals surface area contributed by atoms with E-state index in [4.69, 9.17) is 6.42 Å². The summed E-state index contributed by atoms with van der Waals surface area (Å²) in [6, 6.07) is 1.19. The van der Waals surface area contributed by atoms with Crippen molar-refractivity contribution in [3.63, 3.8) is 0 Å². The summed E-state index contributed by atoms with van der Waals surface area (Å²) in [5.74, 6) is -1.01. The van der Waals surface area contributed by atoms with Crippen molar-refractivity contribution >= 4 is 5.69 Å². The molecule has 0 fully saturated rings. The Morgan fingerprint density at radius 1 is 1.15 bits per heavy atom. The van der Waals surface area contributed by atoms with Gasteiger partial charge in [0.15, 0.2) is 11.6 Å². The van der Waals surface area contributed by atoms with Crippen molar-refractivity contribution in [2.75, 3.05) is 11.9 Å². The lowest BCUT2D eigenvalue weighted by molar-refractivity contribution is 0.496. The summed E-state index contributed by atoms with van der Waals surface area (Å²) in [6.45, 7) is 0.0575. The summed E-state index contributed by atoms with van der Waals surface area (Å²) in [4.78, 5) is 0. The molecule has 0 atom stereocenters. The van der Waals surface area contributed by atoms with E-state index in [0.717, 1.165) is 6.07 Å². The van der Waals surface area contributed by atoms with E-state index in [-0.39, 0.29) is 12.2 Å². The minimum Gasteiger partial charge on any atom is -0.372 e. The van der Waals surface area contributed by atoms with Crippen molar-refractivity contribution in [3.8, 4) is 12.3 Å². The van der Waals surface area contributed by atoms with Gasteiger partial charge in [0.2, 0.25) is 0 Å². The van der Waals surface area contributed by atoms with Crippen LogP contribution < -0.4 is 5.32 Å². The number of nitrogens with one attached hydrogen (secondary N) is 1. The van der Waals surface area contributed by atoms with Gasteiger partial charge in [-0.05, 0) is 0 Å². The Labute approximate surface area is 73.6 Å². The quantitative estimate of drug-likeness (QED) is 0.549. The molecule has 1 rings (SSSR count). The highest BCUT2D eigenvalue weighted by Gasteiger charge is 2.08. The number of hydrogen-bond donors (Lipinski definition) is 1. The Kier molecular flexibility index (Phi) is 2.80. The molecule has 4 heteroatoms. The molecule has 0 spiro atoms. The van der Waals surface area contributed by atoms with Gasteiger partial charge >= 0.3 is 0 Å². The van der Waals surface area contributed by atoms with Crippen LogP contribution in [0.2, 0.25) is 0 Å². The fourth-order valence-electron chi connectivity index (χ4n) is 0.804. The smallest absolute Gasteiger partial charge is 0.161 e. The van der Waals surface area contributed by atoms with Gasteiger partial charge in [-0.15, -0.1) is 6.42 Å². The van der Waals surface area contributed by atoms with Crippen LogP contribution in [0.4, 0.5) is 18.9 Å². The molecule has 0 aliphatic rings. The highest BCUT2D eigenvalue weighted by molar-refractivity contribution is 5.46. The molecule has 0 bridgehead atoms. The first-order valence-corrected chi connectivity index (χ1v) is 3.47. The Morgan fingerprint density at radius 2 is 1.77 bits per heavy atom. The van der Waals surface area contributed by atoms with E-state index in [2.05, 4.69) is 11.2 Å². The van der Waals surface area contributed by atoms with E-state index < -0.39 is 17.5 Å². The van der Waals surface area contributed by atoms with Crippen LogP contribution in [0.3, 0.4) is 0 Å². The summed E-state index contributed by atoms with van der Waals surface area (Å²) in [6.07, 6.45) is 4.89. The van der Waals surface area contributed by atoms with Crippen LogP contribution in [0.1, 0.15) is 0 Å². The molecule has 0 saturated carbocycles. The maximum absolute atomic E-state index is 12.8. The van der Waals surface area contributed by atoms with Crippen molar-refractivity contribution in [2.24, 2.45) is 0 Å². The van der Waals surface area contributed by atoms with E-state index >= 15 is 0 Å². The molecule has 0 radical (unpaired) electrons. The first kappa shape index (κ1) is 9.46. The van der Waals surface area contributed by atoms with Crippen molar-refractivity contribution in [1.82, 2.24) is 0 Å². The van der Waals surface area contributed by atoms with Gasteiger partial charge in [0.05, 0.1) is 12.2 Å². The summed E-state index contributed by atoms with van der Waals surface area (Å²) in [5, 5.41) is 2.41. The number of anilines is 1. The van der Waals surface area contributed by atoms with Gasteiger partial charge in [0.25, 0.3) is 0 Å². The van der Waals surface area contributed by atoms with Crippen LogP contribution in [-0.2, 0) is 0 Å². The number of benzene rings is 1. The molecule has 68 valence electrons. The van der Waals surface area contributed by atoms with Gasteiger partial charge in [0, 0.05) is 12.1 Å². The molecule has 0 amide bonds. The molecular weight excluding hydrogens is 179 g/mol. The second kappa shape index (κ2) is 3.85. The summed E-state index contributed by atoms with van der Waals surface area (Å²) in [5.41, 5.74) is -0.142. The van der Waals surface area contributed by atoms with Crippen molar-refractivity contribution in [3.05, 3.63) is 29.6 Å². The van der Waals surface area contributed by atoms with E-state index in [9.17, 15) is 13.2 Å². The molecule has 0 unspecified atom stereocenters. The van der Waals surface area contributed by atoms with E-state index in [1.54, 1.807) is 0 Å². The molecule has 13 heavy (non-hydrogen) atoms. The third-order valence-corrected chi connectivity index (χ3v) is 1.39. The molecule has 0 aliphatic carbocycles. The zero-order chi connectivity index (χ0) is 9.84. The monoisotopic (exact) mass is 185 g/mol. The average molecular weight is 185 g/mol. The van der Waals surface area contributed by atoms with E-state index in [1.807, 2.05) is 0 Å². The normalized spacial score (nSPS) is 9.38. The molecule has 1 N–H and O–H groups in total. The van der Waals surface area contributed by atoms with Gasteiger partial charge in [-0.25, -0.2) is 13.2 Å². The topological polar surface area (TPSA) is 12.0 Å². The fourth-order valence-corrected chi connectivity index (χ4v) is 0.804. The van der Waals surface area contributed by atoms with Crippen LogP contribution in [0.5, 0.6) is 0 Å². The lowest BCUT2D eigenvalue weighted by atomic mass is 10.3. The number of terminal acetylenes is 1. The number of halogens is 3. The molecule has 1 aromatic rings. The lowest BCUT2D eigenvalue weighted by Crippen LogP contribution is -2.02. The summed E-state index contributed by atoms with van der Waals surface area (Å²) >= 11 is 0. The van der Waals surface area contributed by atoms with E-state index in [1.165, 1.54) is 0 Å². The third-order valence-electron chi connectivity index (χ3n) is 1.39. The summed E-state index contributed by atoms with van der Waals surface area (Å²) < 4.78 is 37.8. The van der Waals surface area contributed by atoms with Gasteiger partial charge in [0.1, 0.15) is 5.82 Å². The minimum absolute atomic E-state index is 0.0575. The summed E-state index contributed by atoms with van der Waals surface area (Å²) in [7, 11) is 0. The Balaban J connectivity index is 2.96. The van der Waals surface area contributed by atoms with Crippen LogP contribution in [0.25, 0.3) is 0 Å². The first-order chi connectivity index (χ1) is 6.15. The van der Waals surface area contributed by atoms with Crippen molar-refractivity contribution < 1.29 is 13.2 Å². The Bertz CT molecular complexity index is 355. The van der Waals surface area contributed by atoms with Crippen molar-refractivity contribution in [1.29, 1.82) is 0 Å². The fraction of sp³-hybridized carbons (Fsp3) is 0.111. The highest BCUT2D eigenvalue weighted by atomic mass is 19.2. The molecule has 0 saturated heterocycles. The van der Waals surface area contributed by atoms with Crippen LogP contribution in [0, 0.1) is 29.8 Å². The molecule has 0 heterocycles. The predicted octanol–water partition coefficient (Wildman–Crippen LogP) is 2.15. The zero-order valence-corrected chi connectivity index (χ0v) is 6.57. The van der Waals surface area contributed by atoms with Crippen LogP contribution in [0.15, 0.2) is 12.1 Å². The molecule has 0 aromatic heterocycles. The van der Waals surface area contributed by atoms with Gasteiger partial charge < -0.3 is 5.32 Å². The standard InChI is InChI=1S/C9H6F3N/c1-2-3-13-9-5-7(11)6(10)4-8(9)12/h1,4-5,13H,3H2. The van der Waals surface area contributed by atoms with Gasteiger partial charge in [-0.3, -0.25) is 0 Å². The number of rotatable bonds is 2. The van der Waals surface area contributed by atoms with Gasteiger partial charge in [-0.2, -0.15) is 0 Å². The highest BCUT2D eigenvalue weighted by Crippen LogP contribution is 2.17. The maximum Gasteiger partial charge on any atom is 0.161 e. The van der Waals surface area contributed by atoms with Crippen LogP contribution >= 0.6 is 0 Å². The SMILES string of the molecule is C#CCNc1cc(F)c(F)cc1F. The molecule has 1 aromatic carbocycles. The molecule has 1 nitrogen and oxygen atoms in total. The zero-order valence-electron chi connectivity index (χ0n) is 6.57. The second-order valence-corrected chi connectivity index (χ2v) is 2.30. The van der Waals surface area contributed by atoms with E-state index in [0.29, 0.717) is 6.07 Å². The molecular formula is C9H6F3N. The molecule has 0 aliphatic heterocycles. The predicted molar refractivity (Wildman–Crippen MR) is 43.6 cm³/mol. The van der Waals surface area contributed by atoms with Crippen molar-refractivity contribution in [2.45, 2.75) is 0 Å². The number of hydrogen-bond acceptors (Lipinski definition) is 1. The largest absolute Gasteiger partial charge is 0.372 e. The first-order valence-electron chi connectivity index (χ1n) is 3.47. The minimum atomic E-state index is -1.22. The Hall–Kier alpha value is -1.63. The second-order valence-electron chi connectivity index (χ2n) is 2.30.